The summed E-state index contributed by atoms with van der Waals surface area (Å²) in [7, 11) is 1.73. The Morgan fingerprint density at radius 3 is 2.93 bits per heavy atom. The highest BCUT2D eigenvalue weighted by molar-refractivity contribution is 7.09. The third-order valence-electron chi connectivity index (χ3n) is 2.21. The molecule has 0 aliphatic heterocycles. The van der Waals surface area contributed by atoms with Gasteiger partial charge < -0.3 is 10.1 Å². The summed E-state index contributed by atoms with van der Waals surface area (Å²) in [6.45, 7) is 5.88. The third kappa shape index (κ3) is 4.28. The molecular weight excluding hydrogens is 208 g/mol. The van der Waals surface area contributed by atoms with Crippen LogP contribution in [0.4, 0.5) is 0 Å². The molecule has 15 heavy (non-hydrogen) atoms. The average molecular weight is 228 g/mol. The number of thiazole rings is 1. The number of methoxy groups -OCH3 is 1. The van der Waals surface area contributed by atoms with Crippen LogP contribution >= 0.6 is 11.3 Å². The molecule has 0 bridgehead atoms. The summed E-state index contributed by atoms with van der Waals surface area (Å²) in [5.74, 6) is 0. The molecule has 86 valence electrons. The fraction of sp³-hybridized carbons (Fsp3) is 0.727. The van der Waals surface area contributed by atoms with Gasteiger partial charge in [-0.2, -0.15) is 0 Å². The van der Waals surface area contributed by atoms with Crippen LogP contribution in [0.3, 0.4) is 0 Å². The maximum Gasteiger partial charge on any atom is 0.110 e. The van der Waals surface area contributed by atoms with E-state index in [9.17, 15) is 0 Å². The molecule has 0 saturated heterocycles. The summed E-state index contributed by atoms with van der Waals surface area (Å²) in [4.78, 5) is 4.52. The summed E-state index contributed by atoms with van der Waals surface area (Å²) in [6.07, 6.45) is 2.31. The Bertz CT molecular complexity index is 275. The first-order valence-electron chi connectivity index (χ1n) is 5.42. The zero-order valence-corrected chi connectivity index (χ0v) is 10.6. The van der Waals surface area contributed by atoms with Gasteiger partial charge in [0.1, 0.15) is 5.01 Å². The van der Waals surface area contributed by atoms with Gasteiger partial charge in [0.15, 0.2) is 0 Å². The molecule has 0 aliphatic rings. The van der Waals surface area contributed by atoms with Gasteiger partial charge in [-0.1, -0.05) is 13.3 Å². The molecule has 0 aromatic carbocycles. The molecule has 0 saturated carbocycles. The molecule has 1 aromatic heterocycles. The van der Waals surface area contributed by atoms with Gasteiger partial charge in [-0.25, -0.2) is 4.98 Å². The highest BCUT2D eigenvalue weighted by Crippen LogP contribution is 2.21. The molecule has 1 unspecified atom stereocenters. The van der Waals surface area contributed by atoms with Crippen molar-refractivity contribution in [3.63, 3.8) is 0 Å². The van der Waals surface area contributed by atoms with Crippen molar-refractivity contribution in [1.82, 2.24) is 10.3 Å². The molecule has 1 heterocycles. The minimum atomic E-state index is 0.392. The minimum absolute atomic E-state index is 0.392. The van der Waals surface area contributed by atoms with Crippen LogP contribution in [0.5, 0.6) is 0 Å². The normalized spacial score (nSPS) is 13.0. The van der Waals surface area contributed by atoms with Crippen molar-refractivity contribution < 1.29 is 4.74 Å². The average Bonchev–Trinajstić information content (AvgIpc) is 2.64. The first-order chi connectivity index (χ1) is 7.27. The number of hydrogen-bond acceptors (Lipinski definition) is 4. The van der Waals surface area contributed by atoms with E-state index in [1.165, 1.54) is 11.4 Å². The second kappa shape index (κ2) is 6.93. The Balaban J connectivity index is 2.49. The van der Waals surface area contributed by atoms with Gasteiger partial charge in [-0.15, -0.1) is 11.3 Å². The second-order valence-corrected chi connectivity index (χ2v) is 4.50. The number of aromatic nitrogens is 1. The Labute approximate surface area is 95.9 Å². The lowest BCUT2D eigenvalue weighted by Crippen LogP contribution is -2.24. The molecule has 1 atom stereocenters. The quantitative estimate of drug-likeness (QED) is 0.728. The van der Waals surface area contributed by atoms with Crippen molar-refractivity contribution in [1.29, 1.82) is 0 Å². The van der Waals surface area contributed by atoms with Gasteiger partial charge in [0.25, 0.3) is 0 Å². The fourth-order valence-corrected chi connectivity index (χ4v) is 2.38. The zero-order chi connectivity index (χ0) is 11.1. The second-order valence-electron chi connectivity index (χ2n) is 3.62. The summed E-state index contributed by atoms with van der Waals surface area (Å²) >= 11 is 1.74. The van der Waals surface area contributed by atoms with E-state index in [2.05, 4.69) is 22.6 Å². The maximum atomic E-state index is 5.03. The van der Waals surface area contributed by atoms with Crippen molar-refractivity contribution in [2.75, 3.05) is 20.3 Å². The van der Waals surface area contributed by atoms with Crippen LogP contribution < -0.4 is 5.32 Å². The molecule has 3 nitrogen and oxygen atoms in total. The summed E-state index contributed by atoms with van der Waals surface area (Å²) in [5, 5.41) is 6.78. The van der Waals surface area contributed by atoms with Gasteiger partial charge in [-0.05, 0) is 13.3 Å². The predicted octanol–water partition coefficient (Wildman–Crippen LogP) is 2.53. The Hall–Kier alpha value is -0.450. The standard InChI is InChI=1S/C11H20N2OS/c1-4-5-10(12-6-7-14-3)11-13-9(2)8-15-11/h8,10,12H,4-7H2,1-3H3. The summed E-state index contributed by atoms with van der Waals surface area (Å²) < 4.78 is 5.03. The largest absolute Gasteiger partial charge is 0.383 e. The van der Waals surface area contributed by atoms with Crippen LogP contribution in [0.2, 0.25) is 0 Å². The number of aryl methyl sites for hydroxylation is 1. The number of ether oxygens (including phenoxy) is 1. The zero-order valence-electron chi connectivity index (χ0n) is 9.75. The van der Waals surface area contributed by atoms with E-state index in [0.29, 0.717) is 6.04 Å². The SMILES string of the molecule is CCCC(NCCOC)c1nc(C)cs1. The van der Waals surface area contributed by atoms with E-state index in [1.54, 1.807) is 18.4 Å². The van der Waals surface area contributed by atoms with Crippen LogP contribution in [-0.2, 0) is 4.74 Å². The Morgan fingerprint density at radius 2 is 2.40 bits per heavy atom. The van der Waals surface area contributed by atoms with E-state index in [1.807, 2.05) is 6.92 Å². The Kier molecular flexibility index (Phi) is 5.83. The molecule has 1 N–H and O–H groups in total. The van der Waals surface area contributed by atoms with Gasteiger partial charge in [0.2, 0.25) is 0 Å². The molecule has 0 aliphatic carbocycles. The van der Waals surface area contributed by atoms with Crippen LogP contribution in [-0.4, -0.2) is 25.2 Å². The monoisotopic (exact) mass is 228 g/mol. The number of nitrogens with one attached hydrogen (secondary N) is 1. The third-order valence-corrected chi connectivity index (χ3v) is 3.29. The van der Waals surface area contributed by atoms with E-state index >= 15 is 0 Å². The molecule has 1 rings (SSSR count). The number of hydrogen-bond donors (Lipinski definition) is 1. The van der Waals surface area contributed by atoms with Gasteiger partial charge in [0.05, 0.1) is 12.6 Å². The van der Waals surface area contributed by atoms with Gasteiger partial charge >= 0.3 is 0 Å². The van der Waals surface area contributed by atoms with Gasteiger partial charge in [0, 0.05) is 24.7 Å². The highest BCUT2D eigenvalue weighted by Gasteiger charge is 2.12. The van der Waals surface area contributed by atoms with Crippen LogP contribution in [0.25, 0.3) is 0 Å². The molecule has 1 aromatic rings. The Morgan fingerprint density at radius 1 is 1.60 bits per heavy atom. The van der Waals surface area contributed by atoms with E-state index in [0.717, 1.165) is 25.3 Å². The summed E-state index contributed by atoms with van der Waals surface area (Å²) in [6, 6.07) is 0.392. The van der Waals surface area contributed by atoms with Crippen molar-refractivity contribution in [3.8, 4) is 0 Å². The minimum Gasteiger partial charge on any atom is -0.383 e. The lowest BCUT2D eigenvalue weighted by Gasteiger charge is -2.15. The smallest absolute Gasteiger partial charge is 0.110 e. The molecule has 0 amide bonds. The number of nitrogens with zero attached hydrogens (tertiary/aromatic N) is 1. The topological polar surface area (TPSA) is 34.1 Å². The van der Waals surface area contributed by atoms with Crippen molar-refractivity contribution in [3.05, 3.63) is 16.1 Å². The predicted molar refractivity (Wildman–Crippen MR) is 64.4 cm³/mol. The maximum absolute atomic E-state index is 5.03. The lowest BCUT2D eigenvalue weighted by atomic mass is 10.2. The van der Waals surface area contributed by atoms with Crippen LogP contribution in [0.15, 0.2) is 5.38 Å². The van der Waals surface area contributed by atoms with Crippen LogP contribution in [0.1, 0.15) is 36.5 Å². The van der Waals surface area contributed by atoms with Crippen molar-refractivity contribution in [2.24, 2.45) is 0 Å². The van der Waals surface area contributed by atoms with Crippen molar-refractivity contribution >= 4 is 11.3 Å². The first kappa shape index (κ1) is 12.6. The van der Waals surface area contributed by atoms with E-state index < -0.39 is 0 Å². The number of rotatable bonds is 7. The molecule has 4 heteroatoms. The first-order valence-corrected chi connectivity index (χ1v) is 6.30. The molecule has 0 spiro atoms. The molecule has 0 radical (unpaired) electrons. The van der Waals surface area contributed by atoms with Crippen molar-refractivity contribution in [2.45, 2.75) is 32.7 Å². The van der Waals surface area contributed by atoms with Gasteiger partial charge in [-0.3, -0.25) is 0 Å². The van der Waals surface area contributed by atoms with E-state index in [4.69, 9.17) is 4.74 Å². The highest BCUT2D eigenvalue weighted by atomic mass is 32.1. The van der Waals surface area contributed by atoms with E-state index in [-0.39, 0.29) is 0 Å². The molecule has 0 fully saturated rings. The lowest BCUT2D eigenvalue weighted by molar-refractivity contribution is 0.195. The summed E-state index contributed by atoms with van der Waals surface area (Å²) in [5.41, 5.74) is 1.12. The van der Waals surface area contributed by atoms with Crippen LogP contribution in [0, 0.1) is 6.92 Å². The fourth-order valence-electron chi connectivity index (χ4n) is 1.47. The molecular formula is C11H20N2OS.